The van der Waals surface area contributed by atoms with Crippen molar-refractivity contribution in [1.29, 1.82) is 0 Å². The summed E-state index contributed by atoms with van der Waals surface area (Å²) in [5.41, 5.74) is 0.148. The number of hydrogen-bond donors (Lipinski definition) is 1. The molecule has 0 aromatic carbocycles. The molecule has 2 aliphatic rings. The number of rotatable bonds is 0. The summed E-state index contributed by atoms with van der Waals surface area (Å²) < 4.78 is 0. The third kappa shape index (κ3) is 0.754. The summed E-state index contributed by atoms with van der Waals surface area (Å²) in [5, 5.41) is 3.07. The second-order valence-corrected chi connectivity index (χ2v) is 4.33. The molecule has 1 N–H and O–H groups in total. The zero-order chi connectivity index (χ0) is 8.22. The van der Waals surface area contributed by atoms with E-state index in [4.69, 9.17) is 0 Å². The largest absolute Gasteiger partial charge is 0.350 e. The minimum Gasteiger partial charge on any atom is -0.350 e. The maximum absolute atomic E-state index is 11.2. The van der Waals surface area contributed by atoms with Gasteiger partial charge in [-0.3, -0.25) is 4.79 Å². The highest BCUT2D eigenvalue weighted by atomic mass is 16.1. The van der Waals surface area contributed by atoms with Crippen molar-refractivity contribution in [2.24, 2.45) is 17.8 Å². The van der Waals surface area contributed by atoms with Crippen LogP contribution in [0.15, 0.2) is 0 Å². The molecule has 2 heteroatoms. The van der Waals surface area contributed by atoms with Crippen LogP contribution in [0.1, 0.15) is 27.2 Å². The molecule has 0 aromatic heterocycles. The van der Waals surface area contributed by atoms with E-state index in [9.17, 15) is 4.79 Å². The van der Waals surface area contributed by atoms with Crippen LogP contribution in [-0.4, -0.2) is 11.4 Å². The Morgan fingerprint density at radius 3 is 2.73 bits per heavy atom. The average Bonchev–Trinajstić information content (AvgIpc) is 2.33. The summed E-state index contributed by atoms with van der Waals surface area (Å²) in [6.07, 6.45) is 0.727. The third-order valence-corrected chi connectivity index (χ3v) is 3.60. The number of fused-ring (bicyclic) bond motifs is 1. The molecule has 1 aliphatic carbocycles. The lowest BCUT2D eigenvalue weighted by molar-refractivity contribution is -0.124. The molecule has 1 aliphatic heterocycles. The van der Waals surface area contributed by atoms with Gasteiger partial charge in [0.15, 0.2) is 0 Å². The van der Waals surface area contributed by atoms with E-state index in [1.807, 2.05) is 0 Å². The Kier molecular flexibility index (Phi) is 1.16. The standard InChI is InChI=1S/C9H15NO/c1-5-4-7(11)10-9(3)6(2)8(5)9/h5-6,8H,4H2,1-3H3,(H,10,11)/t5-,6-,8-,9+/m0/s1. The molecule has 1 amide bonds. The van der Waals surface area contributed by atoms with Gasteiger partial charge in [0.05, 0.1) is 0 Å². The van der Waals surface area contributed by atoms with Crippen molar-refractivity contribution in [1.82, 2.24) is 5.32 Å². The highest BCUT2D eigenvalue weighted by molar-refractivity contribution is 5.79. The van der Waals surface area contributed by atoms with Gasteiger partial charge < -0.3 is 5.32 Å². The first-order chi connectivity index (χ1) is 5.05. The molecule has 1 heterocycles. The Morgan fingerprint density at radius 2 is 2.18 bits per heavy atom. The first-order valence-corrected chi connectivity index (χ1v) is 4.36. The van der Waals surface area contributed by atoms with Crippen LogP contribution in [0.3, 0.4) is 0 Å². The van der Waals surface area contributed by atoms with Crippen molar-refractivity contribution >= 4 is 5.91 Å². The van der Waals surface area contributed by atoms with Gasteiger partial charge in [-0.05, 0) is 24.7 Å². The van der Waals surface area contributed by atoms with Crippen LogP contribution < -0.4 is 5.32 Å². The van der Waals surface area contributed by atoms with Gasteiger partial charge in [-0.1, -0.05) is 13.8 Å². The van der Waals surface area contributed by atoms with Crippen molar-refractivity contribution in [3.05, 3.63) is 0 Å². The summed E-state index contributed by atoms with van der Waals surface area (Å²) in [4.78, 5) is 11.2. The average molecular weight is 153 g/mol. The molecule has 0 unspecified atom stereocenters. The van der Waals surface area contributed by atoms with E-state index >= 15 is 0 Å². The Hall–Kier alpha value is -0.530. The highest BCUT2D eigenvalue weighted by Crippen LogP contribution is 2.56. The van der Waals surface area contributed by atoms with Crippen LogP contribution in [0.5, 0.6) is 0 Å². The molecular formula is C9H15NO. The van der Waals surface area contributed by atoms with Crippen LogP contribution in [0.4, 0.5) is 0 Å². The number of piperidine rings is 1. The zero-order valence-electron chi connectivity index (χ0n) is 7.35. The highest BCUT2D eigenvalue weighted by Gasteiger charge is 2.63. The van der Waals surface area contributed by atoms with Gasteiger partial charge in [0.25, 0.3) is 0 Å². The van der Waals surface area contributed by atoms with E-state index < -0.39 is 0 Å². The Morgan fingerprint density at radius 1 is 1.55 bits per heavy atom. The van der Waals surface area contributed by atoms with Crippen molar-refractivity contribution in [2.75, 3.05) is 0 Å². The van der Waals surface area contributed by atoms with Crippen molar-refractivity contribution in [3.8, 4) is 0 Å². The van der Waals surface area contributed by atoms with Crippen molar-refractivity contribution in [3.63, 3.8) is 0 Å². The number of amides is 1. The van der Waals surface area contributed by atoms with E-state index in [-0.39, 0.29) is 11.4 Å². The van der Waals surface area contributed by atoms with Crippen LogP contribution in [0.25, 0.3) is 0 Å². The van der Waals surface area contributed by atoms with E-state index in [0.717, 1.165) is 12.3 Å². The fourth-order valence-corrected chi connectivity index (χ4v) is 2.82. The molecule has 62 valence electrons. The molecular weight excluding hydrogens is 138 g/mol. The quantitative estimate of drug-likeness (QED) is 0.556. The predicted octanol–water partition coefficient (Wildman–Crippen LogP) is 1.17. The van der Waals surface area contributed by atoms with E-state index in [1.54, 1.807) is 0 Å². The summed E-state index contributed by atoms with van der Waals surface area (Å²) in [5.74, 6) is 2.24. The van der Waals surface area contributed by atoms with Crippen LogP contribution in [-0.2, 0) is 4.79 Å². The summed E-state index contributed by atoms with van der Waals surface area (Å²) >= 11 is 0. The fourth-order valence-electron chi connectivity index (χ4n) is 2.82. The number of hydrogen-bond acceptors (Lipinski definition) is 1. The van der Waals surface area contributed by atoms with Crippen molar-refractivity contribution < 1.29 is 4.79 Å². The Balaban J connectivity index is 2.20. The topological polar surface area (TPSA) is 29.1 Å². The molecule has 2 fully saturated rings. The molecule has 2 nitrogen and oxygen atoms in total. The molecule has 0 radical (unpaired) electrons. The molecule has 1 saturated heterocycles. The molecule has 0 bridgehead atoms. The Labute approximate surface area is 67.4 Å². The number of nitrogens with one attached hydrogen (secondary N) is 1. The summed E-state index contributed by atoms with van der Waals surface area (Å²) in [6, 6.07) is 0. The molecule has 0 aromatic rings. The molecule has 1 saturated carbocycles. The van der Waals surface area contributed by atoms with Gasteiger partial charge >= 0.3 is 0 Å². The second kappa shape index (κ2) is 1.79. The minimum atomic E-state index is 0.148. The summed E-state index contributed by atoms with van der Waals surface area (Å²) in [7, 11) is 0. The smallest absolute Gasteiger partial charge is 0.220 e. The van der Waals surface area contributed by atoms with Crippen LogP contribution in [0, 0.1) is 17.8 Å². The van der Waals surface area contributed by atoms with E-state index in [0.29, 0.717) is 11.8 Å². The van der Waals surface area contributed by atoms with Gasteiger partial charge in [0.1, 0.15) is 0 Å². The number of carbonyl (C=O) groups excluding carboxylic acids is 1. The first-order valence-electron chi connectivity index (χ1n) is 4.36. The van der Waals surface area contributed by atoms with Gasteiger partial charge in [-0.2, -0.15) is 0 Å². The lowest BCUT2D eigenvalue weighted by Crippen LogP contribution is -2.42. The fraction of sp³-hybridized carbons (Fsp3) is 0.889. The lowest BCUT2D eigenvalue weighted by atomic mass is 9.94. The predicted molar refractivity (Wildman–Crippen MR) is 43.0 cm³/mol. The molecule has 0 spiro atoms. The number of carbonyl (C=O) groups is 1. The van der Waals surface area contributed by atoms with Crippen LogP contribution in [0.2, 0.25) is 0 Å². The van der Waals surface area contributed by atoms with Crippen molar-refractivity contribution in [2.45, 2.75) is 32.7 Å². The lowest BCUT2D eigenvalue weighted by Gasteiger charge is -2.23. The normalized spacial score (nSPS) is 54.8. The first kappa shape index (κ1) is 7.14. The van der Waals surface area contributed by atoms with Gasteiger partial charge in [0.2, 0.25) is 5.91 Å². The maximum Gasteiger partial charge on any atom is 0.220 e. The molecule has 4 atom stereocenters. The van der Waals surface area contributed by atoms with E-state index in [2.05, 4.69) is 26.1 Å². The van der Waals surface area contributed by atoms with Gasteiger partial charge in [0, 0.05) is 12.0 Å². The second-order valence-electron chi connectivity index (χ2n) is 4.33. The summed E-state index contributed by atoms with van der Waals surface area (Å²) in [6.45, 7) is 6.58. The van der Waals surface area contributed by atoms with Gasteiger partial charge in [-0.15, -0.1) is 0 Å². The van der Waals surface area contributed by atoms with E-state index in [1.165, 1.54) is 0 Å². The molecule has 11 heavy (non-hydrogen) atoms. The monoisotopic (exact) mass is 153 g/mol. The molecule has 2 rings (SSSR count). The maximum atomic E-state index is 11.2. The third-order valence-electron chi connectivity index (χ3n) is 3.60. The minimum absolute atomic E-state index is 0.148. The zero-order valence-corrected chi connectivity index (χ0v) is 7.35. The SMILES string of the molecule is C[C@H]1CC(=O)N[C@@]2(C)[C@@H]1[C@@H]2C. The van der Waals surface area contributed by atoms with Gasteiger partial charge in [-0.25, -0.2) is 0 Å². The van der Waals surface area contributed by atoms with Crippen LogP contribution >= 0.6 is 0 Å². The Bertz CT molecular complexity index is 214.